The van der Waals surface area contributed by atoms with Gasteiger partial charge in [0, 0.05) is 25.3 Å². The van der Waals surface area contributed by atoms with Crippen molar-refractivity contribution >= 4 is 18.3 Å². The topological polar surface area (TPSA) is 66.9 Å². The Morgan fingerprint density at radius 1 is 1.21 bits per heavy atom. The van der Waals surface area contributed by atoms with Gasteiger partial charge in [-0.25, -0.2) is 9.97 Å². The average Bonchev–Trinajstić information content (AvgIpc) is 2.80. The number of aryl methyl sites for hydroxylation is 1. The Morgan fingerprint density at radius 2 is 1.88 bits per heavy atom. The minimum absolute atomic E-state index is 0. The summed E-state index contributed by atoms with van der Waals surface area (Å²) in [6.07, 6.45) is 9.53. The van der Waals surface area contributed by atoms with Crippen molar-refractivity contribution in [3.05, 3.63) is 23.3 Å². The van der Waals surface area contributed by atoms with E-state index in [-0.39, 0.29) is 24.2 Å². The zero-order valence-electron chi connectivity index (χ0n) is 15.1. The first-order chi connectivity index (χ1) is 11.1. The van der Waals surface area contributed by atoms with Gasteiger partial charge >= 0.3 is 0 Å². The highest BCUT2D eigenvalue weighted by Gasteiger charge is 2.16. The van der Waals surface area contributed by atoms with Gasteiger partial charge in [0.1, 0.15) is 5.82 Å². The van der Waals surface area contributed by atoms with E-state index in [2.05, 4.69) is 20.6 Å². The lowest BCUT2D eigenvalue weighted by Crippen LogP contribution is -2.37. The first kappa shape index (κ1) is 20.8. The zero-order valence-corrected chi connectivity index (χ0v) is 15.9. The molecule has 1 aliphatic carbocycles. The number of aromatic nitrogens is 2. The van der Waals surface area contributed by atoms with Gasteiger partial charge in [0.2, 0.25) is 0 Å². The molecule has 1 heterocycles. The predicted octanol–water partition coefficient (Wildman–Crippen LogP) is 3.37. The van der Waals surface area contributed by atoms with E-state index in [1.54, 1.807) is 6.20 Å². The molecule has 1 aliphatic rings. The molecule has 0 aliphatic heterocycles. The number of hydrogen-bond donors (Lipinski definition) is 2. The Kier molecular flexibility index (Phi) is 9.22. The number of hydrogen-bond acceptors (Lipinski definition) is 4. The lowest BCUT2D eigenvalue weighted by atomic mass is 10.0. The van der Waals surface area contributed by atoms with Crippen molar-refractivity contribution in [1.29, 1.82) is 0 Å². The third-order valence-corrected chi connectivity index (χ3v) is 4.43. The fourth-order valence-corrected chi connectivity index (χ4v) is 3.13. The van der Waals surface area contributed by atoms with Crippen LogP contribution in [0.1, 0.15) is 80.2 Å². The maximum atomic E-state index is 12.4. The molecule has 0 saturated heterocycles. The molecule has 1 aromatic rings. The third-order valence-electron chi connectivity index (χ3n) is 4.43. The molecule has 0 aromatic carbocycles. The smallest absolute Gasteiger partial charge is 0.254 e. The SMILES string of the molecule is Cc1ncc(C(=O)NCCNC2CCCCCC2)c(C(C)C)n1.Cl. The zero-order chi connectivity index (χ0) is 16.7. The summed E-state index contributed by atoms with van der Waals surface area (Å²) < 4.78 is 0. The molecule has 0 spiro atoms. The van der Waals surface area contributed by atoms with Gasteiger partial charge < -0.3 is 10.6 Å². The minimum Gasteiger partial charge on any atom is -0.351 e. The molecular formula is C18H31ClN4O. The van der Waals surface area contributed by atoms with Crippen molar-refractivity contribution in [1.82, 2.24) is 20.6 Å². The van der Waals surface area contributed by atoms with Crippen LogP contribution in [0.3, 0.4) is 0 Å². The fraction of sp³-hybridized carbons (Fsp3) is 0.722. The summed E-state index contributed by atoms with van der Waals surface area (Å²) in [6, 6.07) is 0.614. The number of carbonyl (C=O) groups is 1. The maximum Gasteiger partial charge on any atom is 0.254 e. The molecule has 24 heavy (non-hydrogen) atoms. The van der Waals surface area contributed by atoms with Crippen LogP contribution in [0.2, 0.25) is 0 Å². The molecular weight excluding hydrogens is 324 g/mol. The summed E-state index contributed by atoms with van der Waals surface area (Å²) in [4.78, 5) is 21.0. The van der Waals surface area contributed by atoms with E-state index in [0.717, 1.165) is 12.2 Å². The van der Waals surface area contributed by atoms with Crippen LogP contribution in [0.15, 0.2) is 6.20 Å². The molecule has 6 heteroatoms. The lowest BCUT2D eigenvalue weighted by molar-refractivity contribution is 0.0951. The molecule has 0 bridgehead atoms. The van der Waals surface area contributed by atoms with Crippen LogP contribution in [-0.4, -0.2) is 35.0 Å². The Morgan fingerprint density at radius 3 is 2.50 bits per heavy atom. The van der Waals surface area contributed by atoms with Crippen LogP contribution in [0.4, 0.5) is 0 Å². The molecule has 1 saturated carbocycles. The van der Waals surface area contributed by atoms with Gasteiger partial charge in [0.25, 0.3) is 5.91 Å². The molecule has 0 unspecified atom stereocenters. The fourth-order valence-electron chi connectivity index (χ4n) is 3.13. The van der Waals surface area contributed by atoms with E-state index in [1.807, 2.05) is 20.8 Å². The highest BCUT2D eigenvalue weighted by molar-refractivity contribution is 5.95. The van der Waals surface area contributed by atoms with E-state index in [0.29, 0.717) is 24.0 Å². The minimum atomic E-state index is -0.0728. The average molecular weight is 355 g/mol. The normalized spacial score (nSPS) is 15.7. The van der Waals surface area contributed by atoms with Crippen LogP contribution in [0.5, 0.6) is 0 Å². The Labute approximate surface area is 151 Å². The van der Waals surface area contributed by atoms with Crippen molar-refractivity contribution < 1.29 is 4.79 Å². The molecule has 1 aromatic heterocycles. The van der Waals surface area contributed by atoms with E-state index in [1.165, 1.54) is 38.5 Å². The Hall–Kier alpha value is -1.20. The summed E-state index contributed by atoms with van der Waals surface area (Å²) in [5.41, 5.74) is 1.42. The Bertz CT molecular complexity index is 514. The summed E-state index contributed by atoms with van der Waals surface area (Å²) in [7, 11) is 0. The first-order valence-corrected chi connectivity index (χ1v) is 8.93. The Balaban J connectivity index is 0.00000288. The molecule has 5 nitrogen and oxygen atoms in total. The van der Waals surface area contributed by atoms with Gasteiger partial charge in [-0.3, -0.25) is 4.79 Å². The van der Waals surface area contributed by atoms with Gasteiger partial charge in [-0.1, -0.05) is 39.5 Å². The highest BCUT2D eigenvalue weighted by atomic mass is 35.5. The molecule has 0 atom stereocenters. The highest BCUT2D eigenvalue weighted by Crippen LogP contribution is 2.17. The second-order valence-electron chi connectivity index (χ2n) is 6.77. The number of nitrogens with one attached hydrogen (secondary N) is 2. The van der Waals surface area contributed by atoms with E-state index in [9.17, 15) is 4.79 Å². The maximum absolute atomic E-state index is 12.4. The summed E-state index contributed by atoms with van der Waals surface area (Å²) in [5, 5.41) is 6.56. The van der Waals surface area contributed by atoms with Crippen LogP contribution < -0.4 is 10.6 Å². The van der Waals surface area contributed by atoms with Crippen LogP contribution in [-0.2, 0) is 0 Å². The second-order valence-corrected chi connectivity index (χ2v) is 6.77. The van der Waals surface area contributed by atoms with Crippen LogP contribution in [0.25, 0.3) is 0 Å². The summed E-state index contributed by atoms with van der Waals surface area (Å²) in [5.74, 6) is 0.846. The van der Waals surface area contributed by atoms with Gasteiger partial charge in [0.15, 0.2) is 0 Å². The molecule has 136 valence electrons. The quantitative estimate of drug-likeness (QED) is 0.607. The van der Waals surface area contributed by atoms with Crippen molar-refractivity contribution in [2.75, 3.05) is 13.1 Å². The molecule has 0 radical (unpaired) electrons. The summed E-state index contributed by atoms with van der Waals surface area (Å²) >= 11 is 0. The standard InChI is InChI=1S/C18H30N4O.ClH/c1-13(2)17-16(12-21-14(3)22-17)18(23)20-11-10-19-15-8-6-4-5-7-9-15;/h12-13,15,19H,4-11H2,1-3H3,(H,20,23);1H. The number of halogens is 1. The number of rotatable bonds is 6. The van der Waals surface area contributed by atoms with Crippen LogP contribution in [0, 0.1) is 6.92 Å². The van der Waals surface area contributed by atoms with Gasteiger partial charge in [-0.15, -0.1) is 12.4 Å². The van der Waals surface area contributed by atoms with Crippen LogP contribution >= 0.6 is 12.4 Å². The van der Waals surface area contributed by atoms with E-state index < -0.39 is 0 Å². The monoisotopic (exact) mass is 354 g/mol. The molecule has 2 rings (SSSR count). The number of carbonyl (C=O) groups excluding carboxylic acids is 1. The van der Waals surface area contributed by atoms with E-state index >= 15 is 0 Å². The van der Waals surface area contributed by atoms with Crippen molar-refractivity contribution in [3.8, 4) is 0 Å². The van der Waals surface area contributed by atoms with Gasteiger partial charge in [-0.05, 0) is 25.7 Å². The third kappa shape index (κ3) is 6.36. The van der Waals surface area contributed by atoms with Gasteiger partial charge in [0.05, 0.1) is 11.3 Å². The number of nitrogens with zero attached hydrogens (tertiary/aromatic N) is 2. The second kappa shape index (κ2) is 10.6. The molecule has 2 N–H and O–H groups in total. The van der Waals surface area contributed by atoms with Crippen molar-refractivity contribution in [2.24, 2.45) is 0 Å². The van der Waals surface area contributed by atoms with Crippen molar-refractivity contribution in [2.45, 2.75) is 71.3 Å². The first-order valence-electron chi connectivity index (χ1n) is 8.93. The van der Waals surface area contributed by atoms with E-state index in [4.69, 9.17) is 0 Å². The van der Waals surface area contributed by atoms with Gasteiger partial charge in [-0.2, -0.15) is 0 Å². The number of amides is 1. The lowest BCUT2D eigenvalue weighted by Gasteiger charge is -2.17. The largest absolute Gasteiger partial charge is 0.351 e. The summed E-state index contributed by atoms with van der Waals surface area (Å²) in [6.45, 7) is 7.41. The molecule has 1 amide bonds. The predicted molar refractivity (Wildman–Crippen MR) is 99.9 cm³/mol. The molecule has 1 fully saturated rings. The van der Waals surface area contributed by atoms with Crippen molar-refractivity contribution in [3.63, 3.8) is 0 Å².